The Hall–Kier alpha value is -3.46. The number of rotatable bonds is 8. The van der Waals surface area contributed by atoms with Gasteiger partial charge in [0.1, 0.15) is 17.4 Å². The lowest BCUT2D eigenvalue weighted by molar-refractivity contribution is 0.136. The number of hydrogen-bond acceptors (Lipinski definition) is 7. The highest BCUT2D eigenvalue weighted by Gasteiger charge is 2.33. The topological polar surface area (TPSA) is 79.8 Å². The van der Waals surface area contributed by atoms with E-state index in [9.17, 15) is 9.18 Å². The van der Waals surface area contributed by atoms with Crippen molar-refractivity contribution in [1.82, 2.24) is 15.3 Å². The van der Waals surface area contributed by atoms with Crippen LogP contribution in [0.1, 0.15) is 12.0 Å². The smallest absolute Gasteiger partial charge is 0.414 e. The van der Waals surface area contributed by atoms with Gasteiger partial charge in [-0.25, -0.2) is 14.2 Å². The van der Waals surface area contributed by atoms with Gasteiger partial charge in [-0.1, -0.05) is 6.07 Å². The van der Waals surface area contributed by atoms with Crippen LogP contribution in [0.4, 0.5) is 20.6 Å². The summed E-state index contributed by atoms with van der Waals surface area (Å²) < 4.78 is 24.6. The van der Waals surface area contributed by atoms with Crippen LogP contribution in [0.2, 0.25) is 0 Å². The number of carbonyl (C=O) groups excluding carboxylic acids is 1. The number of nitrogens with one attached hydrogen (secondary N) is 1. The molecule has 2 fully saturated rings. The zero-order valence-corrected chi connectivity index (χ0v) is 19.3. The van der Waals surface area contributed by atoms with Gasteiger partial charge in [0.05, 0.1) is 30.5 Å². The molecule has 2 aliphatic heterocycles. The normalized spacial score (nSPS) is 18.3. The number of methoxy groups -OCH3 is 1. The lowest BCUT2D eigenvalue weighted by atomic mass is 9.99. The summed E-state index contributed by atoms with van der Waals surface area (Å²) in [6.07, 6.45) is 1.91. The molecule has 1 N–H and O–H groups in total. The molecule has 34 heavy (non-hydrogen) atoms. The zero-order valence-electron chi connectivity index (χ0n) is 19.3. The van der Waals surface area contributed by atoms with E-state index in [-0.39, 0.29) is 11.9 Å². The third-order valence-corrected chi connectivity index (χ3v) is 6.46. The number of aryl methyl sites for hydroxylation is 1. The average Bonchev–Trinajstić information content (AvgIpc) is 3.19. The second-order valence-corrected chi connectivity index (χ2v) is 8.87. The largest absolute Gasteiger partial charge is 0.481 e. The van der Waals surface area contributed by atoms with Gasteiger partial charge in [0.2, 0.25) is 5.88 Å². The number of ether oxygens (including phenoxy) is 2. The molecule has 0 aliphatic carbocycles. The molecule has 0 bridgehead atoms. The number of carbonyl (C=O) groups is 1. The molecular weight excluding hydrogens is 437 g/mol. The van der Waals surface area contributed by atoms with E-state index >= 15 is 0 Å². The monoisotopic (exact) mass is 465 g/mol. The van der Waals surface area contributed by atoms with Crippen molar-refractivity contribution in [3.8, 4) is 5.88 Å². The van der Waals surface area contributed by atoms with E-state index in [2.05, 4.69) is 20.2 Å². The van der Waals surface area contributed by atoms with Crippen molar-refractivity contribution in [1.29, 1.82) is 0 Å². The van der Waals surface area contributed by atoms with Gasteiger partial charge < -0.3 is 19.7 Å². The van der Waals surface area contributed by atoms with Crippen LogP contribution in [0.5, 0.6) is 5.88 Å². The van der Waals surface area contributed by atoms with Crippen molar-refractivity contribution < 1.29 is 18.7 Å². The van der Waals surface area contributed by atoms with E-state index in [1.807, 2.05) is 24.4 Å². The maximum Gasteiger partial charge on any atom is 0.414 e. The molecule has 5 rings (SSSR count). The molecule has 0 saturated carbocycles. The highest BCUT2D eigenvalue weighted by atomic mass is 19.1. The SMILES string of the molecule is COc1ccc2nccc(N3CC(CNCC[C@@H]4CN(c5ccc(C)c(F)c5)C(=O)O4)C3)c2n1. The summed E-state index contributed by atoms with van der Waals surface area (Å²) in [5.41, 5.74) is 3.88. The van der Waals surface area contributed by atoms with E-state index in [1.54, 1.807) is 26.2 Å². The molecule has 2 aromatic heterocycles. The van der Waals surface area contributed by atoms with Crippen molar-refractivity contribution in [2.75, 3.05) is 49.6 Å². The van der Waals surface area contributed by atoms with Crippen LogP contribution in [0.15, 0.2) is 42.6 Å². The molecule has 4 heterocycles. The molecule has 9 heteroatoms. The number of nitrogens with zero attached hydrogens (tertiary/aromatic N) is 4. The predicted octanol–water partition coefficient (Wildman–Crippen LogP) is 3.53. The molecule has 2 aliphatic rings. The summed E-state index contributed by atoms with van der Waals surface area (Å²) in [6, 6.07) is 10.6. The quantitative estimate of drug-likeness (QED) is 0.510. The molecule has 1 atom stereocenters. The second-order valence-electron chi connectivity index (χ2n) is 8.87. The lowest BCUT2D eigenvalue weighted by Crippen LogP contribution is -2.51. The number of amides is 1. The number of anilines is 2. The molecule has 8 nitrogen and oxygen atoms in total. The van der Waals surface area contributed by atoms with E-state index in [1.165, 1.54) is 11.0 Å². The molecule has 1 amide bonds. The minimum atomic E-state index is -0.419. The van der Waals surface area contributed by atoms with Gasteiger partial charge in [0, 0.05) is 37.8 Å². The minimum absolute atomic E-state index is 0.202. The third kappa shape index (κ3) is 4.48. The standard InChI is InChI=1S/C25H28FN5O3/c1-16-3-4-18(11-20(16)26)31-15-19(34-25(31)32)7-9-27-12-17-13-30(14-17)22-8-10-28-21-5-6-23(33-2)29-24(21)22/h3-6,8,10-11,17,19,27H,7,9,12-15H2,1-2H3/t19-/m1/s1. The number of fused-ring (bicyclic) bond motifs is 1. The number of hydrogen-bond donors (Lipinski definition) is 1. The van der Waals surface area contributed by atoms with Crippen LogP contribution in [-0.4, -0.2) is 62.0 Å². The first-order valence-corrected chi connectivity index (χ1v) is 11.5. The van der Waals surface area contributed by atoms with Gasteiger partial charge in [0.25, 0.3) is 0 Å². The van der Waals surface area contributed by atoms with E-state index < -0.39 is 6.09 Å². The molecular formula is C25H28FN5O3. The zero-order chi connectivity index (χ0) is 23.7. The molecule has 0 radical (unpaired) electrons. The highest BCUT2D eigenvalue weighted by Crippen LogP contribution is 2.31. The van der Waals surface area contributed by atoms with Gasteiger partial charge in [0.15, 0.2) is 0 Å². The fourth-order valence-corrected chi connectivity index (χ4v) is 4.46. The Morgan fingerprint density at radius 1 is 1.21 bits per heavy atom. The van der Waals surface area contributed by atoms with Crippen LogP contribution < -0.4 is 19.9 Å². The van der Waals surface area contributed by atoms with Gasteiger partial charge in [-0.2, -0.15) is 0 Å². The number of benzene rings is 1. The Morgan fingerprint density at radius 3 is 2.85 bits per heavy atom. The Kier molecular flexibility index (Phi) is 6.19. The first-order valence-electron chi connectivity index (χ1n) is 11.5. The van der Waals surface area contributed by atoms with Gasteiger partial charge in [-0.05, 0) is 49.7 Å². The summed E-state index contributed by atoms with van der Waals surface area (Å²) in [5.74, 6) is 0.797. The maximum absolute atomic E-state index is 13.9. The minimum Gasteiger partial charge on any atom is -0.481 e. The number of cyclic esters (lactones) is 1. The van der Waals surface area contributed by atoms with Crippen LogP contribution in [0.25, 0.3) is 11.0 Å². The summed E-state index contributed by atoms with van der Waals surface area (Å²) in [6.45, 7) is 5.66. The number of halogens is 1. The van der Waals surface area contributed by atoms with E-state index in [0.29, 0.717) is 36.0 Å². The lowest BCUT2D eigenvalue weighted by Gasteiger charge is -2.41. The summed E-state index contributed by atoms with van der Waals surface area (Å²) >= 11 is 0. The fourth-order valence-electron chi connectivity index (χ4n) is 4.46. The molecule has 1 aromatic carbocycles. The summed E-state index contributed by atoms with van der Waals surface area (Å²) in [5, 5.41) is 3.48. The van der Waals surface area contributed by atoms with Crippen LogP contribution in [0, 0.1) is 18.7 Å². The first kappa shape index (κ1) is 22.3. The van der Waals surface area contributed by atoms with Gasteiger partial charge in [-0.15, -0.1) is 0 Å². The fraction of sp³-hybridized carbons (Fsp3) is 0.400. The second kappa shape index (κ2) is 9.42. The summed E-state index contributed by atoms with van der Waals surface area (Å²) in [7, 11) is 1.61. The van der Waals surface area contributed by atoms with Crippen LogP contribution in [-0.2, 0) is 4.74 Å². The Bertz CT molecular complexity index is 1200. The van der Waals surface area contributed by atoms with Gasteiger partial charge >= 0.3 is 6.09 Å². The van der Waals surface area contributed by atoms with Crippen LogP contribution >= 0.6 is 0 Å². The van der Waals surface area contributed by atoms with Crippen molar-refractivity contribution >= 4 is 28.5 Å². The Labute approximate surface area is 197 Å². The molecule has 2 saturated heterocycles. The molecule has 3 aromatic rings. The molecule has 178 valence electrons. The highest BCUT2D eigenvalue weighted by molar-refractivity contribution is 5.90. The number of aromatic nitrogens is 2. The average molecular weight is 466 g/mol. The van der Waals surface area contributed by atoms with Crippen molar-refractivity contribution in [2.45, 2.75) is 19.4 Å². The van der Waals surface area contributed by atoms with E-state index in [4.69, 9.17) is 9.47 Å². The molecule has 0 spiro atoms. The van der Waals surface area contributed by atoms with Crippen molar-refractivity contribution in [3.05, 3.63) is 54.0 Å². The Balaban J connectivity index is 1.07. The maximum atomic E-state index is 13.9. The van der Waals surface area contributed by atoms with E-state index in [0.717, 1.165) is 42.9 Å². The third-order valence-electron chi connectivity index (χ3n) is 6.46. The van der Waals surface area contributed by atoms with Crippen LogP contribution in [0.3, 0.4) is 0 Å². The number of pyridine rings is 2. The predicted molar refractivity (Wildman–Crippen MR) is 128 cm³/mol. The van der Waals surface area contributed by atoms with Gasteiger partial charge in [-0.3, -0.25) is 9.88 Å². The summed E-state index contributed by atoms with van der Waals surface area (Å²) in [4.78, 5) is 25.0. The Morgan fingerprint density at radius 2 is 2.06 bits per heavy atom. The van der Waals surface area contributed by atoms with Crippen molar-refractivity contribution in [3.63, 3.8) is 0 Å². The molecule has 0 unspecified atom stereocenters. The van der Waals surface area contributed by atoms with Crippen molar-refractivity contribution in [2.24, 2.45) is 5.92 Å². The first-order chi connectivity index (χ1) is 16.5.